The lowest BCUT2D eigenvalue weighted by atomic mass is 9.98. The Morgan fingerprint density at radius 2 is 1.94 bits per heavy atom. The van der Waals surface area contributed by atoms with Gasteiger partial charge in [-0.05, 0) is 6.92 Å². The van der Waals surface area contributed by atoms with E-state index in [4.69, 9.17) is 0 Å². The maximum Gasteiger partial charge on any atom is 0.244 e. The van der Waals surface area contributed by atoms with Crippen LogP contribution >= 0.6 is 11.3 Å². The van der Waals surface area contributed by atoms with Crippen molar-refractivity contribution in [2.75, 3.05) is 19.4 Å². The molecule has 1 aromatic rings. The summed E-state index contributed by atoms with van der Waals surface area (Å²) in [6.45, 7) is 8.09. The zero-order valence-corrected chi connectivity index (χ0v) is 12.1. The summed E-state index contributed by atoms with van der Waals surface area (Å²) in [4.78, 5) is 13.2. The summed E-state index contributed by atoms with van der Waals surface area (Å²) < 4.78 is 0. The minimum atomic E-state index is -0.286. The van der Waals surface area contributed by atoms with Crippen LogP contribution in [0.15, 0.2) is 0 Å². The van der Waals surface area contributed by atoms with Crippen LogP contribution in [0.25, 0.3) is 0 Å². The molecule has 1 atom stereocenters. The first-order valence-electron chi connectivity index (χ1n) is 5.53. The molecule has 0 aromatic carbocycles. The molecule has 1 rings (SSSR count). The molecular weight excluding hydrogens is 236 g/mol. The average Bonchev–Trinajstić information content (AvgIpc) is 2.64. The van der Waals surface area contributed by atoms with E-state index in [1.807, 2.05) is 6.92 Å². The highest BCUT2D eigenvalue weighted by Crippen LogP contribution is 2.27. The molecule has 0 spiro atoms. The first-order chi connectivity index (χ1) is 7.71. The van der Waals surface area contributed by atoms with Crippen molar-refractivity contribution in [3.8, 4) is 0 Å². The van der Waals surface area contributed by atoms with E-state index < -0.39 is 0 Å². The van der Waals surface area contributed by atoms with Crippen LogP contribution in [-0.2, 0) is 10.2 Å². The van der Waals surface area contributed by atoms with Gasteiger partial charge in [0, 0.05) is 19.5 Å². The van der Waals surface area contributed by atoms with E-state index in [0.29, 0.717) is 5.13 Å². The summed E-state index contributed by atoms with van der Waals surface area (Å²) in [5, 5.41) is 12.9. The van der Waals surface area contributed by atoms with Crippen molar-refractivity contribution >= 4 is 22.4 Å². The largest absolute Gasteiger partial charge is 0.349 e. The summed E-state index contributed by atoms with van der Waals surface area (Å²) in [6, 6.07) is -0.286. The van der Waals surface area contributed by atoms with Crippen molar-refractivity contribution in [3.63, 3.8) is 0 Å². The summed E-state index contributed by atoms with van der Waals surface area (Å²) in [5.41, 5.74) is -0.00755. The zero-order chi connectivity index (χ0) is 13.2. The normalized spacial score (nSPS) is 13.3. The number of nitrogens with one attached hydrogen (secondary N) is 1. The molecule has 0 aliphatic carbocycles. The first kappa shape index (κ1) is 13.9. The number of rotatable bonds is 3. The van der Waals surface area contributed by atoms with Gasteiger partial charge in [0.15, 0.2) is 0 Å². The molecule has 6 heteroatoms. The summed E-state index contributed by atoms with van der Waals surface area (Å²) in [5.74, 6) is 0.0255. The minimum Gasteiger partial charge on any atom is -0.349 e. The smallest absolute Gasteiger partial charge is 0.244 e. The van der Waals surface area contributed by atoms with Crippen LogP contribution in [0.2, 0.25) is 0 Å². The Kier molecular flexibility index (Phi) is 4.08. The summed E-state index contributed by atoms with van der Waals surface area (Å²) in [6.07, 6.45) is 0. The molecule has 1 aromatic heterocycles. The van der Waals surface area contributed by atoms with Crippen LogP contribution in [0.3, 0.4) is 0 Å². The van der Waals surface area contributed by atoms with E-state index in [1.165, 1.54) is 11.3 Å². The Morgan fingerprint density at radius 1 is 1.35 bits per heavy atom. The third-order valence-corrected chi connectivity index (χ3v) is 3.50. The topological polar surface area (TPSA) is 58.1 Å². The maximum absolute atomic E-state index is 11.7. The van der Waals surface area contributed by atoms with Gasteiger partial charge < -0.3 is 10.2 Å². The van der Waals surface area contributed by atoms with Gasteiger partial charge in [-0.15, -0.1) is 10.2 Å². The van der Waals surface area contributed by atoms with Gasteiger partial charge in [-0.2, -0.15) is 0 Å². The lowest BCUT2D eigenvalue weighted by Crippen LogP contribution is -2.36. The predicted molar refractivity (Wildman–Crippen MR) is 70.4 cm³/mol. The molecule has 0 fully saturated rings. The van der Waals surface area contributed by atoms with Gasteiger partial charge in [0.2, 0.25) is 11.0 Å². The average molecular weight is 256 g/mol. The van der Waals surface area contributed by atoms with Gasteiger partial charge in [-0.3, -0.25) is 4.79 Å². The third kappa shape index (κ3) is 3.66. The van der Waals surface area contributed by atoms with E-state index in [2.05, 4.69) is 36.3 Å². The van der Waals surface area contributed by atoms with Crippen molar-refractivity contribution < 1.29 is 4.79 Å². The SMILES string of the molecule is C[C@H](Nc1nnc(C(C)(C)C)s1)C(=O)N(C)C. The fraction of sp³-hybridized carbons (Fsp3) is 0.727. The molecule has 17 heavy (non-hydrogen) atoms. The minimum absolute atomic E-state index is 0.00755. The summed E-state index contributed by atoms with van der Waals surface area (Å²) in [7, 11) is 3.47. The number of hydrogen-bond acceptors (Lipinski definition) is 5. The third-order valence-electron chi connectivity index (χ3n) is 2.22. The Hall–Kier alpha value is -1.17. The Bertz CT molecular complexity index is 394. The lowest BCUT2D eigenvalue weighted by molar-refractivity contribution is -0.129. The van der Waals surface area contributed by atoms with Crippen molar-refractivity contribution in [2.45, 2.75) is 39.2 Å². The molecule has 96 valence electrons. The van der Waals surface area contributed by atoms with E-state index >= 15 is 0 Å². The molecule has 0 saturated carbocycles. The highest BCUT2D eigenvalue weighted by atomic mass is 32.1. The molecule has 1 N–H and O–H groups in total. The van der Waals surface area contributed by atoms with Gasteiger partial charge in [-0.1, -0.05) is 32.1 Å². The van der Waals surface area contributed by atoms with E-state index in [9.17, 15) is 4.79 Å². The predicted octanol–water partition coefficient (Wildman–Crippen LogP) is 1.72. The lowest BCUT2D eigenvalue weighted by Gasteiger charge is -2.17. The molecule has 0 saturated heterocycles. The number of carbonyl (C=O) groups is 1. The first-order valence-corrected chi connectivity index (χ1v) is 6.35. The molecular formula is C11H20N4OS. The van der Waals surface area contributed by atoms with Gasteiger partial charge in [0.1, 0.15) is 11.0 Å². The van der Waals surface area contributed by atoms with Gasteiger partial charge in [-0.25, -0.2) is 0 Å². The Balaban J connectivity index is 2.70. The van der Waals surface area contributed by atoms with E-state index in [-0.39, 0.29) is 17.4 Å². The standard InChI is InChI=1S/C11H20N4OS/c1-7(8(16)15(5)6)12-10-14-13-9(17-10)11(2,3)4/h7H,1-6H3,(H,12,14)/t7-/m0/s1. The second kappa shape index (κ2) is 5.00. The van der Waals surface area contributed by atoms with Crippen LogP contribution in [0.4, 0.5) is 5.13 Å². The van der Waals surface area contributed by atoms with Crippen LogP contribution in [0.1, 0.15) is 32.7 Å². The van der Waals surface area contributed by atoms with Crippen LogP contribution < -0.4 is 5.32 Å². The molecule has 5 nitrogen and oxygen atoms in total. The zero-order valence-electron chi connectivity index (χ0n) is 11.2. The molecule has 0 bridgehead atoms. The highest BCUT2D eigenvalue weighted by Gasteiger charge is 2.21. The highest BCUT2D eigenvalue weighted by molar-refractivity contribution is 7.15. The Morgan fingerprint density at radius 3 is 2.35 bits per heavy atom. The quantitative estimate of drug-likeness (QED) is 0.894. The van der Waals surface area contributed by atoms with Crippen molar-refractivity contribution in [1.29, 1.82) is 0 Å². The van der Waals surface area contributed by atoms with Crippen molar-refractivity contribution in [2.24, 2.45) is 0 Å². The molecule has 0 aliphatic rings. The molecule has 0 radical (unpaired) electrons. The second-order valence-electron chi connectivity index (χ2n) is 5.26. The fourth-order valence-electron chi connectivity index (χ4n) is 1.22. The van der Waals surface area contributed by atoms with Gasteiger partial charge in [0.05, 0.1) is 0 Å². The number of hydrogen-bond donors (Lipinski definition) is 1. The van der Waals surface area contributed by atoms with Crippen LogP contribution in [-0.4, -0.2) is 41.1 Å². The van der Waals surface area contributed by atoms with E-state index in [0.717, 1.165) is 5.01 Å². The molecule has 0 aliphatic heterocycles. The second-order valence-corrected chi connectivity index (χ2v) is 6.24. The number of amides is 1. The van der Waals surface area contributed by atoms with Crippen LogP contribution in [0, 0.1) is 0 Å². The van der Waals surface area contributed by atoms with Crippen molar-refractivity contribution in [3.05, 3.63) is 5.01 Å². The number of carbonyl (C=O) groups excluding carboxylic acids is 1. The number of aromatic nitrogens is 2. The fourth-order valence-corrected chi connectivity index (χ4v) is 2.11. The van der Waals surface area contributed by atoms with E-state index in [1.54, 1.807) is 19.0 Å². The monoisotopic (exact) mass is 256 g/mol. The summed E-state index contributed by atoms with van der Waals surface area (Å²) >= 11 is 1.49. The molecule has 1 heterocycles. The molecule has 1 amide bonds. The maximum atomic E-state index is 11.7. The van der Waals surface area contributed by atoms with Crippen molar-refractivity contribution in [1.82, 2.24) is 15.1 Å². The van der Waals surface area contributed by atoms with Gasteiger partial charge >= 0.3 is 0 Å². The van der Waals surface area contributed by atoms with Gasteiger partial charge in [0.25, 0.3) is 0 Å². The Labute approximate surface area is 106 Å². The number of nitrogens with zero attached hydrogens (tertiary/aromatic N) is 3. The number of anilines is 1. The van der Waals surface area contributed by atoms with Crippen LogP contribution in [0.5, 0.6) is 0 Å². The molecule has 0 unspecified atom stereocenters. The number of likely N-dealkylation sites (N-methyl/N-ethyl adjacent to an activating group) is 1.